The molecule has 0 saturated carbocycles. The van der Waals surface area contributed by atoms with Gasteiger partial charge in [0.15, 0.2) is 0 Å². The number of fused-ring (bicyclic) bond motifs is 2. The van der Waals surface area contributed by atoms with Crippen molar-refractivity contribution in [1.82, 2.24) is 0 Å². The number of allylic oxidation sites excluding steroid dienone is 4. The molecule has 0 unspecified atom stereocenters. The Bertz CT molecular complexity index is 954. The van der Waals surface area contributed by atoms with E-state index in [1.165, 1.54) is 32.7 Å². The van der Waals surface area contributed by atoms with E-state index in [0.717, 1.165) is 10.9 Å². The van der Waals surface area contributed by atoms with Crippen molar-refractivity contribution in [1.29, 1.82) is 0 Å². The fraction of sp³-hybridized carbons (Fsp3) is 0.182. The predicted molar refractivity (Wildman–Crippen MR) is 102 cm³/mol. The molecule has 0 saturated heterocycles. The molecule has 0 aliphatic heterocycles. The van der Waals surface area contributed by atoms with E-state index in [-0.39, 0.29) is 5.41 Å². The van der Waals surface area contributed by atoms with Crippen LogP contribution in [-0.4, -0.2) is 0 Å². The van der Waals surface area contributed by atoms with Crippen molar-refractivity contribution < 1.29 is 0 Å². The molecule has 0 N–H and O–H groups in total. The summed E-state index contributed by atoms with van der Waals surface area (Å²) in [5.74, 6) is 0. The van der Waals surface area contributed by atoms with E-state index >= 15 is 0 Å². The fourth-order valence-electron chi connectivity index (χ4n) is 3.63. The van der Waals surface area contributed by atoms with Crippen LogP contribution in [0.25, 0.3) is 11.6 Å². The fourth-order valence-corrected chi connectivity index (χ4v) is 3.89. The van der Waals surface area contributed by atoms with Crippen LogP contribution in [0.15, 0.2) is 70.7 Å². The molecule has 2 aliphatic rings. The molecule has 2 aliphatic carbocycles. The predicted octanol–water partition coefficient (Wildman–Crippen LogP) is 4.51. The number of hydrogen-bond acceptors (Lipinski definition) is 0. The van der Waals surface area contributed by atoms with Gasteiger partial charge in [0.1, 0.15) is 0 Å². The van der Waals surface area contributed by atoms with Gasteiger partial charge in [-0.15, -0.1) is 0 Å². The zero-order valence-corrected chi connectivity index (χ0v) is 15.0. The summed E-state index contributed by atoms with van der Waals surface area (Å²) in [7, 11) is 0. The molecule has 4 rings (SSSR count). The number of hydrogen-bond donors (Lipinski definition) is 0. The summed E-state index contributed by atoms with van der Waals surface area (Å²) in [5, 5.41) is 2.75. The van der Waals surface area contributed by atoms with E-state index in [1.54, 1.807) is 0 Å². The van der Waals surface area contributed by atoms with Crippen LogP contribution in [0.4, 0.5) is 0 Å². The van der Waals surface area contributed by atoms with E-state index in [4.69, 9.17) is 0 Å². The summed E-state index contributed by atoms with van der Waals surface area (Å²) in [4.78, 5) is 0. The van der Waals surface area contributed by atoms with Crippen LogP contribution in [0, 0.1) is 5.41 Å². The molecular weight excluding hydrogens is 344 g/mol. The van der Waals surface area contributed by atoms with Crippen molar-refractivity contribution in [2.24, 2.45) is 5.41 Å². The molecule has 0 aromatic heterocycles. The lowest BCUT2D eigenvalue weighted by molar-refractivity contribution is 0.644. The average molecular weight is 363 g/mol. The second-order valence-electron chi connectivity index (χ2n) is 6.95. The third kappa shape index (κ3) is 2.64. The van der Waals surface area contributed by atoms with Crippen LogP contribution in [-0.2, 0) is 6.42 Å². The molecular formula is C22H19Br. The first-order chi connectivity index (χ1) is 11.0. The average Bonchev–Trinajstić information content (AvgIpc) is 2.88. The molecule has 2 aromatic rings. The quantitative estimate of drug-likeness (QED) is 0.737. The van der Waals surface area contributed by atoms with Gasteiger partial charge in [0, 0.05) is 9.89 Å². The molecule has 0 nitrogen and oxygen atoms in total. The Balaban J connectivity index is 1.77. The maximum atomic E-state index is 3.50. The van der Waals surface area contributed by atoms with Crippen molar-refractivity contribution in [3.63, 3.8) is 0 Å². The molecule has 114 valence electrons. The van der Waals surface area contributed by atoms with Crippen LogP contribution < -0.4 is 10.4 Å². The van der Waals surface area contributed by atoms with Crippen molar-refractivity contribution in [2.45, 2.75) is 20.3 Å². The van der Waals surface area contributed by atoms with Gasteiger partial charge in [-0.05, 0) is 57.3 Å². The van der Waals surface area contributed by atoms with Crippen LogP contribution in [0.2, 0.25) is 0 Å². The molecule has 0 fully saturated rings. The summed E-state index contributed by atoms with van der Waals surface area (Å²) >= 11 is 3.50. The number of benzene rings is 2. The molecule has 1 heteroatoms. The maximum absolute atomic E-state index is 3.50. The highest BCUT2D eigenvalue weighted by atomic mass is 79.9. The van der Waals surface area contributed by atoms with Gasteiger partial charge in [0.2, 0.25) is 0 Å². The van der Waals surface area contributed by atoms with Crippen molar-refractivity contribution in [3.05, 3.63) is 92.3 Å². The van der Waals surface area contributed by atoms with Crippen molar-refractivity contribution >= 4 is 27.6 Å². The molecule has 23 heavy (non-hydrogen) atoms. The third-order valence-electron chi connectivity index (χ3n) is 4.74. The highest BCUT2D eigenvalue weighted by molar-refractivity contribution is 9.10. The van der Waals surface area contributed by atoms with Gasteiger partial charge in [-0.1, -0.05) is 78.3 Å². The lowest BCUT2D eigenvalue weighted by Crippen LogP contribution is -2.28. The molecule has 0 heterocycles. The normalized spacial score (nSPS) is 17.3. The topological polar surface area (TPSA) is 0 Å². The Morgan fingerprint density at radius 3 is 2.48 bits per heavy atom. The Morgan fingerprint density at radius 1 is 0.957 bits per heavy atom. The Morgan fingerprint density at radius 2 is 1.70 bits per heavy atom. The summed E-state index contributed by atoms with van der Waals surface area (Å²) in [5.41, 5.74) is 5.66. The summed E-state index contributed by atoms with van der Waals surface area (Å²) in [6.45, 7) is 4.59. The largest absolute Gasteiger partial charge is 0.0744 e. The molecule has 0 radical (unpaired) electrons. The van der Waals surface area contributed by atoms with Gasteiger partial charge in [0.05, 0.1) is 0 Å². The lowest BCUT2D eigenvalue weighted by atomic mass is 9.77. The van der Waals surface area contributed by atoms with E-state index in [9.17, 15) is 0 Å². The summed E-state index contributed by atoms with van der Waals surface area (Å²) in [6.07, 6.45) is 10.0. The van der Waals surface area contributed by atoms with Gasteiger partial charge in [0.25, 0.3) is 0 Å². The highest BCUT2D eigenvalue weighted by Crippen LogP contribution is 2.38. The molecule has 0 amide bonds. The van der Waals surface area contributed by atoms with Crippen LogP contribution in [0.5, 0.6) is 0 Å². The minimum absolute atomic E-state index is 0.110. The first-order valence-corrected chi connectivity index (χ1v) is 8.82. The van der Waals surface area contributed by atoms with Crippen molar-refractivity contribution in [2.75, 3.05) is 0 Å². The van der Waals surface area contributed by atoms with Gasteiger partial charge < -0.3 is 0 Å². The minimum atomic E-state index is 0.110. The SMILES string of the molecule is CC1(C)C=CC=C2C=c3cc(Cc4ccc(Br)cc4)ccc3=C21. The first kappa shape index (κ1) is 14.7. The summed E-state index contributed by atoms with van der Waals surface area (Å²) in [6, 6.07) is 15.5. The van der Waals surface area contributed by atoms with Gasteiger partial charge in [-0.25, -0.2) is 0 Å². The van der Waals surface area contributed by atoms with Crippen LogP contribution >= 0.6 is 15.9 Å². The maximum Gasteiger partial charge on any atom is 0.0175 e. The second kappa shape index (κ2) is 5.35. The third-order valence-corrected chi connectivity index (χ3v) is 5.27. The van der Waals surface area contributed by atoms with Crippen LogP contribution in [0.3, 0.4) is 0 Å². The monoisotopic (exact) mass is 362 g/mol. The molecule has 0 spiro atoms. The summed E-state index contributed by atoms with van der Waals surface area (Å²) < 4.78 is 1.13. The van der Waals surface area contributed by atoms with Gasteiger partial charge in [-0.3, -0.25) is 0 Å². The second-order valence-corrected chi connectivity index (χ2v) is 7.86. The Hall–Kier alpha value is -1.86. The number of halogens is 1. The van der Waals surface area contributed by atoms with E-state index in [1.807, 2.05) is 0 Å². The molecule has 2 aromatic carbocycles. The zero-order valence-electron chi connectivity index (χ0n) is 13.4. The van der Waals surface area contributed by atoms with E-state index in [2.05, 4.69) is 96.5 Å². The lowest BCUT2D eigenvalue weighted by Gasteiger charge is -2.26. The zero-order chi connectivity index (χ0) is 16.0. The standard InChI is InChI=1S/C22H19Br/c1-22(2)11-3-4-17-14-18-13-16(7-10-20(18)21(17)22)12-15-5-8-19(23)9-6-15/h3-11,13-14H,12H2,1-2H3. The first-order valence-electron chi connectivity index (χ1n) is 8.03. The van der Waals surface area contributed by atoms with Crippen molar-refractivity contribution in [3.8, 4) is 0 Å². The van der Waals surface area contributed by atoms with Crippen LogP contribution in [0.1, 0.15) is 25.0 Å². The Labute approximate surface area is 145 Å². The van der Waals surface area contributed by atoms with E-state index < -0.39 is 0 Å². The minimum Gasteiger partial charge on any atom is -0.0744 e. The highest BCUT2D eigenvalue weighted by Gasteiger charge is 2.27. The molecule has 0 bridgehead atoms. The smallest absolute Gasteiger partial charge is 0.0175 e. The van der Waals surface area contributed by atoms with E-state index in [0.29, 0.717) is 0 Å². The van der Waals surface area contributed by atoms with Gasteiger partial charge in [-0.2, -0.15) is 0 Å². The van der Waals surface area contributed by atoms with Gasteiger partial charge >= 0.3 is 0 Å². The molecule has 0 atom stereocenters. The number of rotatable bonds is 2. The Kier molecular flexibility index (Phi) is 3.42.